The summed E-state index contributed by atoms with van der Waals surface area (Å²) in [4.78, 5) is 2.07. The Morgan fingerprint density at radius 2 is 2.31 bits per heavy atom. The highest BCUT2D eigenvalue weighted by Gasteiger charge is 2.17. The van der Waals surface area contributed by atoms with Crippen molar-refractivity contribution in [2.24, 2.45) is 0 Å². The van der Waals surface area contributed by atoms with Gasteiger partial charge in [0, 0.05) is 19.6 Å². The molecular weight excluding hydrogens is 167 g/mol. The van der Waals surface area contributed by atoms with Crippen LogP contribution in [-0.4, -0.2) is 19.6 Å². The fraction of sp³-hybridized carbons (Fsp3) is 0.400. The smallest absolute Gasteiger partial charge is 0.125 e. The van der Waals surface area contributed by atoms with Crippen molar-refractivity contribution in [2.45, 2.75) is 13.0 Å². The molecule has 1 heterocycles. The minimum atomic E-state index is -0.179. The maximum Gasteiger partial charge on any atom is 0.125 e. The molecule has 1 aliphatic rings. The molecule has 2 rings (SSSR count). The van der Waals surface area contributed by atoms with E-state index in [9.17, 15) is 4.39 Å². The average Bonchev–Trinajstić information content (AvgIpc) is 2.06. The van der Waals surface area contributed by atoms with Crippen LogP contribution in [0, 0.1) is 5.82 Å². The van der Waals surface area contributed by atoms with Gasteiger partial charge in [-0.3, -0.25) is 0 Å². The molecule has 0 radical (unpaired) electrons. The van der Waals surface area contributed by atoms with Gasteiger partial charge in [-0.25, -0.2) is 4.39 Å². The highest BCUT2D eigenvalue weighted by Crippen LogP contribution is 2.29. The predicted molar refractivity (Wildman–Crippen MR) is 52.8 cm³/mol. The second kappa shape index (κ2) is 2.91. The summed E-state index contributed by atoms with van der Waals surface area (Å²) >= 11 is 0. The molecule has 1 atom stereocenters. The maximum atomic E-state index is 12.9. The van der Waals surface area contributed by atoms with Crippen LogP contribution in [0.5, 0.6) is 0 Å². The highest BCUT2D eigenvalue weighted by molar-refractivity contribution is 5.72. The number of rotatable bonds is 0. The molecule has 13 heavy (non-hydrogen) atoms. The third-order valence-electron chi connectivity index (χ3n) is 2.32. The van der Waals surface area contributed by atoms with Crippen LogP contribution in [0.3, 0.4) is 0 Å². The van der Waals surface area contributed by atoms with E-state index in [0.29, 0.717) is 6.04 Å². The van der Waals surface area contributed by atoms with Crippen molar-refractivity contribution in [1.82, 2.24) is 0 Å². The summed E-state index contributed by atoms with van der Waals surface area (Å²) in [6.07, 6.45) is 0. The number of benzene rings is 1. The fourth-order valence-electron chi connectivity index (χ4n) is 1.76. The lowest BCUT2D eigenvalue weighted by atomic mass is 10.1. The van der Waals surface area contributed by atoms with Crippen LogP contribution in [0.2, 0.25) is 0 Å². The van der Waals surface area contributed by atoms with Gasteiger partial charge in [0.15, 0.2) is 0 Å². The van der Waals surface area contributed by atoms with E-state index in [1.807, 2.05) is 7.05 Å². The van der Waals surface area contributed by atoms with E-state index in [4.69, 9.17) is 0 Å². The van der Waals surface area contributed by atoms with E-state index in [2.05, 4.69) is 17.1 Å². The van der Waals surface area contributed by atoms with E-state index >= 15 is 0 Å². The number of hydrogen-bond donors (Lipinski definition) is 1. The summed E-state index contributed by atoms with van der Waals surface area (Å²) in [5.74, 6) is -0.179. The third kappa shape index (κ3) is 1.46. The average molecular weight is 180 g/mol. The molecule has 0 saturated heterocycles. The van der Waals surface area contributed by atoms with Crippen LogP contribution < -0.4 is 10.2 Å². The van der Waals surface area contributed by atoms with Gasteiger partial charge in [-0.05, 0) is 25.1 Å². The molecule has 1 aromatic rings. The van der Waals surface area contributed by atoms with Crippen LogP contribution in [0.1, 0.15) is 6.92 Å². The lowest BCUT2D eigenvalue weighted by Crippen LogP contribution is -2.37. The normalized spacial score (nSPS) is 20.8. The van der Waals surface area contributed by atoms with Crippen molar-refractivity contribution in [3.8, 4) is 0 Å². The van der Waals surface area contributed by atoms with Gasteiger partial charge in [0.1, 0.15) is 5.82 Å². The molecule has 0 bridgehead atoms. The Balaban J connectivity index is 2.43. The number of likely N-dealkylation sites (N-methyl/N-ethyl adjacent to an activating group) is 1. The number of hydrogen-bond acceptors (Lipinski definition) is 2. The molecular formula is C10H13FN2. The SMILES string of the molecule is CC1CN(C)c2cc(F)ccc2N1. The van der Waals surface area contributed by atoms with E-state index < -0.39 is 0 Å². The van der Waals surface area contributed by atoms with Gasteiger partial charge in [0.2, 0.25) is 0 Å². The van der Waals surface area contributed by atoms with E-state index in [-0.39, 0.29) is 5.82 Å². The van der Waals surface area contributed by atoms with Crippen molar-refractivity contribution in [3.63, 3.8) is 0 Å². The first-order valence-corrected chi connectivity index (χ1v) is 4.44. The van der Waals surface area contributed by atoms with Crippen molar-refractivity contribution in [3.05, 3.63) is 24.0 Å². The lowest BCUT2D eigenvalue weighted by molar-refractivity contribution is 0.625. The summed E-state index contributed by atoms with van der Waals surface area (Å²) in [6.45, 7) is 3.03. The van der Waals surface area contributed by atoms with Crippen molar-refractivity contribution in [2.75, 3.05) is 23.8 Å². The van der Waals surface area contributed by atoms with Crippen LogP contribution in [0.15, 0.2) is 18.2 Å². The van der Waals surface area contributed by atoms with Crippen molar-refractivity contribution >= 4 is 11.4 Å². The molecule has 0 aliphatic carbocycles. The molecule has 1 unspecified atom stereocenters. The molecule has 0 amide bonds. The third-order valence-corrected chi connectivity index (χ3v) is 2.32. The maximum absolute atomic E-state index is 12.9. The van der Waals surface area contributed by atoms with Crippen molar-refractivity contribution < 1.29 is 4.39 Å². The molecule has 3 heteroatoms. The van der Waals surface area contributed by atoms with Crippen molar-refractivity contribution in [1.29, 1.82) is 0 Å². The van der Waals surface area contributed by atoms with E-state index in [0.717, 1.165) is 17.9 Å². The van der Waals surface area contributed by atoms with Gasteiger partial charge >= 0.3 is 0 Å². The van der Waals surface area contributed by atoms with Gasteiger partial charge in [-0.15, -0.1) is 0 Å². The minimum Gasteiger partial charge on any atom is -0.379 e. The topological polar surface area (TPSA) is 15.3 Å². The first kappa shape index (κ1) is 8.35. The minimum absolute atomic E-state index is 0.179. The summed E-state index contributed by atoms with van der Waals surface area (Å²) in [7, 11) is 1.98. The predicted octanol–water partition coefficient (Wildman–Crippen LogP) is 2.08. The second-order valence-corrected chi connectivity index (χ2v) is 3.59. The van der Waals surface area contributed by atoms with Crippen LogP contribution in [0.25, 0.3) is 0 Å². The molecule has 1 aromatic carbocycles. The number of fused-ring (bicyclic) bond motifs is 1. The summed E-state index contributed by atoms with van der Waals surface area (Å²) in [5.41, 5.74) is 1.96. The summed E-state index contributed by atoms with van der Waals surface area (Å²) < 4.78 is 12.9. The first-order chi connectivity index (χ1) is 6.16. The number of nitrogens with zero attached hydrogens (tertiary/aromatic N) is 1. The Kier molecular flexibility index (Phi) is 1.87. The molecule has 0 saturated carbocycles. The number of nitrogens with one attached hydrogen (secondary N) is 1. The van der Waals surface area contributed by atoms with E-state index in [1.54, 1.807) is 12.1 Å². The van der Waals surface area contributed by atoms with Crippen LogP contribution in [0.4, 0.5) is 15.8 Å². The molecule has 1 N–H and O–H groups in total. The second-order valence-electron chi connectivity index (χ2n) is 3.59. The standard InChI is InChI=1S/C10H13FN2/c1-7-6-13(2)10-5-8(11)3-4-9(10)12-7/h3-5,7,12H,6H2,1-2H3. The summed E-state index contributed by atoms with van der Waals surface area (Å²) in [5, 5.41) is 3.31. The Morgan fingerprint density at radius 1 is 1.54 bits per heavy atom. The van der Waals surface area contributed by atoms with Gasteiger partial charge < -0.3 is 10.2 Å². The van der Waals surface area contributed by atoms with Gasteiger partial charge in [0.05, 0.1) is 11.4 Å². The van der Waals surface area contributed by atoms with E-state index in [1.165, 1.54) is 6.07 Å². The largest absolute Gasteiger partial charge is 0.379 e. The molecule has 1 aliphatic heterocycles. The zero-order valence-corrected chi connectivity index (χ0v) is 7.84. The fourth-order valence-corrected chi connectivity index (χ4v) is 1.76. The summed E-state index contributed by atoms with van der Waals surface area (Å²) in [6, 6.07) is 5.26. The Labute approximate surface area is 77.4 Å². The Hall–Kier alpha value is -1.25. The first-order valence-electron chi connectivity index (χ1n) is 4.44. The number of anilines is 2. The zero-order valence-electron chi connectivity index (χ0n) is 7.84. The molecule has 0 fully saturated rings. The monoisotopic (exact) mass is 180 g/mol. The highest BCUT2D eigenvalue weighted by atomic mass is 19.1. The van der Waals surface area contributed by atoms with Crippen LogP contribution >= 0.6 is 0 Å². The van der Waals surface area contributed by atoms with Gasteiger partial charge in [-0.2, -0.15) is 0 Å². The molecule has 0 aromatic heterocycles. The van der Waals surface area contributed by atoms with Gasteiger partial charge in [0.25, 0.3) is 0 Å². The number of halogens is 1. The molecule has 0 spiro atoms. The van der Waals surface area contributed by atoms with Gasteiger partial charge in [-0.1, -0.05) is 0 Å². The zero-order chi connectivity index (χ0) is 9.42. The molecule has 70 valence electrons. The molecule has 2 nitrogen and oxygen atoms in total. The lowest BCUT2D eigenvalue weighted by Gasteiger charge is -2.33. The van der Waals surface area contributed by atoms with Crippen LogP contribution in [-0.2, 0) is 0 Å². The Morgan fingerprint density at radius 3 is 3.08 bits per heavy atom. The Bertz CT molecular complexity index is 325. The quantitative estimate of drug-likeness (QED) is 0.657.